The maximum absolute atomic E-state index is 13.7. The van der Waals surface area contributed by atoms with E-state index in [-0.39, 0.29) is 5.82 Å². The molecule has 0 fully saturated rings. The summed E-state index contributed by atoms with van der Waals surface area (Å²) in [5, 5.41) is 6.20. The molecular weight excluding hydrogens is 359 g/mol. The molecule has 0 unspecified atom stereocenters. The first-order chi connectivity index (χ1) is 13.7. The number of carbonyl (C=O) groups is 1. The van der Waals surface area contributed by atoms with Crippen LogP contribution in [0, 0.1) is 5.82 Å². The van der Waals surface area contributed by atoms with Gasteiger partial charge in [0.1, 0.15) is 11.6 Å². The van der Waals surface area contributed by atoms with Crippen LogP contribution in [-0.4, -0.2) is 29.1 Å². The minimum absolute atomic E-state index is 0.226. The van der Waals surface area contributed by atoms with Gasteiger partial charge in [0.25, 0.3) is 0 Å². The number of carbonyl (C=O) groups excluding carboxylic acids is 1. The molecule has 144 valence electrons. The molecule has 0 saturated heterocycles. The molecule has 0 spiro atoms. The molecule has 2 aromatic carbocycles. The lowest BCUT2D eigenvalue weighted by atomic mass is 10.1. The van der Waals surface area contributed by atoms with Crippen molar-refractivity contribution in [1.29, 1.82) is 0 Å². The molecule has 1 aromatic heterocycles. The van der Waals surface area contributed by atoms with Crippen molar-refractivity contribution in [2.24, 2.45) is 0 Å². The molecule has 0 radical (unpaired) electrons. The van der Waals surface area contributed by atoms with E-state index in [0.29, 0.717) is 48.2 Å². The van der Waals surface area contributed by atoms with Crippen molar-refractivity contribution in [2.45, 2.75) is 13.3 Å². The van der Waals surface area contributed by atoms with Crippen LogP contribution in [0.1, 0.15) is 22.8 Å². The van der Waals surface area contributed by atoms with E-state index in [1.165, 1.54) is 6.07 Å². The SMILES string of the molecule is CCOC(=O)c1ccccc1Nc1ccnc(NCCc2ccccc2F)n1. The highest BCUT2D eigenvalue weighted by Crippen LogP contribution is 2.21. The highest BCUT2D eigenvalue weighted by Gasteiger charge is 2.12. The predicted molar refractivity (Wildman–Crippen MR) is 106 cm³/mol. The summed E-state index contributed by atoms with van der Waals surface area (Å²) in [4.78, 5) is 20.7. The van der Waals surface area contributed by atoms with E-state index in [0.717, 1.165) is 0 Å². The number of halogens is 1. The molecular formula is C21H21FN4O2. The van der Waals surface area contributed by atoms with E-state index in [9.17, 15) is 9.18 Å². The lowest BCUT2D eigenvalue weighted by Crippen LogP contribution is -2.10. The molecule has 0 aliphatic rings. The molecule has 0 saturated carbocycles. The average Bonchev–Trinajstić information content (AvgIpc) is 2.70. The third-order valence-electron chi connectivity index (χ3n) is 3.98. The summed E-state index contributed by atoms with van der Waals surface area (Å²) in [7, 11) is 0. The third kappa shape index (κ3) is 5.03. The molecule has 0 atom stereocenters. The summed E-state index contributed by atoms with van der Waals surface area (Å²) in [5.74, 6) is 0.314. The Bertz CT molecular complexity index is 949. The van der Waals surface area contributed by atoms with Gasteiger partial charge in [-0.05, 0) is 43.2 Å². The number of nitrogens with zero attached hydrogens (tertiary/aromatic N) is 2. The second-order valence-electron chi connectivity index (χ2n) is 5.92. The Balaban J connectivity index is 1.66. The first-order valence-electron chi connectivity index (χ1n) is 9.01. The lowest BCUT2D eigenvalue weighted by Gasteiger charge is -2.11. The number of para-hydroxylation sites is 1. The highest BCUT2D eigenvalue weighted by atomic mass is 19.1. The molecule has 28 heavy (non-hydrogen) atoms. The fourth-order valence-electron chi connectivity index (χ4n) is 2.64. The van der Waals surface area contributed by atoms with Crippen LogP contribution in [0.3, 0.4) is 0 Å². The van der Waals surface area contributed by atoms with Gasteiger partial charge in [0, 0.05) is 12.7 Å². The molecule has 0 bridgehead atoms. The minimum Gasteiger partial charge on any atom is -0.462 e. The summed E-state index contributed by atoms with van der Waals surface area (Å²) >= 11 is 0. The van der Waals surface area contributed by atoms with Gasteiger partial charge in [-0.2, -0.15) is 4.98 Å². The second-order valence-corrected chi connectivity index (χ2v) is 5.92. The summed E-state index contributed by atoms with van der Waals surface area (Å²) in [6.07, 6.45) is 2.12. The number of rotatable bonds is 8. The minimum atomic E-state index is -0.400. The van der Waals surface area contributed by atoms with Crippen LogP contribution in [0.4, 0.5) is 21.8 Å². The summed E-state index contributed by atoms with van der Waals surface area (Å²) in [5.41, 5.74) is 1.65. The van der Waals surface area contributed by atoms with Crippen molar-refractivity contribution in [3.8, 4) is 0 Å². The van der Waals surface area contributed by atoms with Gasteiger partial charge in [-0.15, -0.1) is 0 Å². The molecule has 0 aliphatic heterocycles. The van der Waals surface area contributed by atoms with Crippen molar-refractivity contribution in [1.82, 2.24) is 9.97 Å². The molecule has 2 N–H and O–H groups in total. The van der Waals surface area contributed by atoms with Gasteiger partial charge >= 0.3 is 5.97 Å². The van der Waals surface area contributed by atoms with Crippen LogP contribution in [0.2, 0.25) is 0 Å². The highest BCUT2D eigenvalue weighted by molar-refractivity contribution is 5.96. The van der Waals surface area contributed by atoms with E-state index in [4.69, 9.17) is 4.74 Å². The first-order valence-corrected chi connectivity index (χ1v) is 9.01. The Morgan fingerprint density at radius 2 is 1.89 bits per heavy atom. The summed E-state index contributed by atoms with van der Waals surface area (Å²) in [6.45, 7) is 2.55. The first kappa shape index (κ1) is 19.3. The van der Waals surface area contributed by atoms with Gasteiger partial charge in [0.2, 0.25) is 5.95 Å². The quantitative estimate of drug-likeness (QED) is 0.571. The van der Waals surface area contributed by atoms with Crippen LogP contribution in [0.5, 0.6) is 0 Å². The van der Waals surface area contributed by atoms with Gasteiger partial charge < -0.3 is 15.4 Å². The fraction of sp³-hybridized carbons (Fsp3) is 0.190. The van der Waals surface area contributed by atoms with Crippen molar-refractivity contribution in [3.63, 3.8) is 0 Å². The molecule has 6 nitrogen and oxygen atoms in total. The number of ether oxygens (including phenoxy) is 1. The zero-order chi connectivity index (χ0) is 19.8. The molecule has 3 rings (SSSR count). The van der Waals surface area contributed by atoms with Gasteiger partial charge in [-0.1, -0.05) is 30.3 Å². The van der Waals surface area contributed by atoms with E-state index < -0.39 is 5.97 Å². The maximum Gasteiger partial charge on any atom is 0.340 e. The van der Waals surface area contributed by atoms with Crippen molar-refractivity contribution in [2.75, 3.05) is 23.8 Å². The number of benzene rings is 2. The molecule has 0 amide bonds. The van der Waals surface area contributed by atoms with Crippen molar-refractivity contribution < 1.29 is 13.9 Å². The molecule has 3 aromatic rings. The van der Waals surface area contributed by atoms with Gasteiger partial charge in [-0.25, -0.2) is 14.2 Å². The topological polar surface area (TPSA) is 76.1 Å². The van der Waals surface area contributed by atoms with Crippen LogP contribution < -0.4 is 10.6 Å². The molecule has 0 aliphatic carbocycles. The van der Waals surface area contributed by atoms with Crippen molar-refractivity contribution >= 4 is 23.4 Å². The fourth-order valence-corrected chi connectivity index (χ4v) is 2.64. The number of anilines is 3. The standard InChI is InChI=1S/C21H21FN4O2/c1-2-28-20(27)16-8-4-6-10-18(16)25-19-12-14-24-21(26-19)23-13-11-15-7-3-5-9-17(15)22/h3-10,12,14H,2,11,13H2,1H3,(H2,23,24,25,26). The van der Waals surface area contributed by atoms with Gasteiger partial charge in [-0.3, -0.25) is 0 Å². The zero-order valence-corrected chi connectivity index (χ0v) is 15.5. The summed E-state index contributed by atoms with van der Waals surface area (Å²) in [6, 6.07) is 15.4. The smallest absolute Gasteiger partial charge is 0.340 e. The predicted octanol–water partition coefficient (Wildman–Crippen LogP) is 4.19. The second kappa shape index (κ2) is 9.45. The number of esters is 1. The summed E-state index contributed by atoms with van der Waals surface area (Å²) < 4.78 is 18.8. The Hall–Kier alpha value is -3.48. The van der Waals surface area contributed by atoms with Crippen LogP contribution in [0.25, 0.3) is 0 Å². The van der Waals surface area contributed by atoms with Crippen molar-refractivity contribution in [3.05, 3.63) is 77.7 Å². The monoisotopic (exact) mass is 380 g/mol. The van der Waals surface area contributed by atoms with Crippen LogP contribution in [0.15, 0.2) is 60.8 Å². The third-order valence-corrected chi connectivity index (χ3v) is 3.98. The Morgan fingerprint density at radius 1 is 1.11 bits per heavy atom. The number of aromatic nitrogens is 2. The van der Waals surface area contributed by atoms with E-state index >= 15 is 0 Å². The van der Waals surface area contributed by atoms with Crippen LogP contribution >= 0.6 is 0 Å². The molecule has 1 heterocycles. The molecule has 7 heteroatoms. The Labute approximate surface area is 162 Å². The Kier molecular flexibility index (Phi) is 6.51. The van der Waals surface area contributed by atoms with Gasteiger partial charge in [0.15, 0.2) is 0 Å². The average molecular weight is 380 g/mol. The number of hydrogen-bond acceptors (Lipinski definition) is 6. The zero-order valence-electron chi connectivity index (χ0n) is 15.5. The number of hydrogen-bond donors (Lipinski definition) is 2. The van der Waals surface area contributed by atoms with E-state index in [2.05, 4.69) is 20.6 Å². The van der Waals surface area contributed by atoms with E-state index in [1.807, 2.05) is 6.07 Å². The van der Waals surface area contributed by atoms with Crippen LogP contribution in [-0.2, 0) is 11.2 Å². The lowest BCUT2D eigenvalue weighted by molar-refractivity contribution is 0.0527. The number of nitrogens with one attached hydrogen (secondary N) is 2. The normalized spacial score (nSPS) is 10.4. The van der Waals surface area contributed by atoms with E-state index in [1.54, 1.807) is 55.6 Å². The Morgan fingerprint density at radius 3 is 2.71 bits per heavy atom. The largest absolute Gasteiger partial charge is 0.462 e. The maximum atomic E-state index is 13.7. The van der Waals surface area contributed by atoms with Gasteiger partial charge in [0.05, 0.1) is 17.9 Å².